The highest BCUT2D eigenvalue weighted by atomic mass is 32.2. The van der Waals surface area contributed by atoms with Gasteiger partial charge in [-0.25, -0.2) is 12.8 Å². The molecule has 0 fully saturated rings. The molecule has 0 amide bonds. The number of benzene rings is 1. The molecule has 0 aliphatic carbocycles. The Morgan fingerprint density at radius 1 is 1.35 bits per heavy atom. The van der Waals surface area contributed by atoms with Gasteiger partial charge in [0.1, 0.15) is 15.7 Å². The van der Waals surface area contributed by atoms with Crippen molar-refractivity contribution in [2.75, 3.05) is 12.0 Å². The standard InChI is InChI=1S/C11H13FO4S/c1-17(15,16)7-6-10(11(13)14)8-2-4-9(12)5-3-8/h2-5,10H,6-7H2,1H3,(H,13,14). The van der Waals surface area contributed by atoms with Crippen LogP contribution in [0.2, 0.25) is 0 Å². The Morgan fingerprint density at radius 3 is 2.29 bits per heavy atom. The van der Waals surface area contributed by atoms with E-state index in [0.717, 1.165) is 18.4 Å². The van der Waals surface area contributed by atoms with Crippen LogP contribution < -0.4 is 0 Å². The topological polar surface area (TPSA) is 71.4 Å². The fourth-order valence-corrected chi connectivity index (χ4v) is 2.12. The third-order valence-corrected chi connectivity index (χ3v) is 3.33. The van der Waals surface area contributed by atoms with E-state index in [4.69, 9.17) is 5.11 Å². The van der Waals surface area contributed by atoms with Crippen LogP contribution in [0.3, 0.4) is 0 Å². The second-order valence-corrected chi connectivity index (χ2v) is 6.12. The van der Waals surface area contributed by atoms with E-state index in [0.29, 0.717) is 5.56 Å². The smallest absolute Gasteiger partial charge is 0.311 e. The van der Waals surface area contributed by atoms with Gasteiger partial charge < -0.3 is 5.11 Å². The van der Waals surface area contributed by atoms with Crippen LogP contribution >= 0.6 is 0 Å². The first-order chi connectivity index (χ1) is 7.79. The first-order valence-electron chi connectivity index (χ1n) is 4.95. The lowest BCUT2D eigenvalue weighted by atomic mass is 9.97. The molecule has 94 valence electrons. The van der Waals surface area contributed by atoms with Crippen LogP contribution in [0, 0.1) is 5.82 Å². The van der Waals surface area contributed by atoms with Crippen LogP contribution in [0.4, 0.5) is 4.39 Å². The Bertz CT molecular complexity index is 493. The van der Waals surface area contributed by atoms with Crippen LogP contribution in [-0.2, 0) is 14.6 Å². The Kier molecular flexibility index (Phi) is 4.22. The van der Waals surface area contributed by atoms with Crippen molar-refractivity contribution < 1.29 is 22.7 Å². The van der Waals surface area contributed by atoms with Gasteiger partial charge in [0.2, 0.25) is 0 Å². The van der Waals surface area contributed by atoms with Crippen molar-refractivity contribution in [3.05, 3.63) is 35.6 Å². The third-order valence-electron chi connectivity index (χ3n) is 2.35. The first kappa shape index (κ1) is 13.6. The molecule has 0 aliphatic heterocycles. The molecular formula is C11H13FO4S. The van der Waals surface area contributed by atoms with E-state index in [-0.39, 0.29) is 12.2 Å². The van der Waals surface area contributed by atoms with Crippen molar-refractivity contribution >= 4 is 15.8 Å². The van der Waals surface area contributed by atoms with Gasteiger partial charge in [-0.15, -0.1) is 0 Å². The maximum absolute atomic E-state index is 12.7. The molecule has 1 aromatic carbocycles. The van der Waals surface area contributed by atoms with E-state index in [1.165, 1.54) is 12.1 Å². The van der Waals surface area contributed by atoms with Gasteiger partial charge in [0.25, 0.3) is 0 Å². The van der Waals surface area contributed by atoms with E-state index >= 15 is 0 Å². The summed E-state index contributed by atoms with van der Waals surface area (Å²) in [4.78, 5) is 11.0. The molecule has 17 heavy (non-hydrogen) atoms. The van der Waals surface area contributed by atoms with Crippen molar-refractivity contribution in [1.29, 1.82) is 0 Å². The van der Waals surface area contributed by atoms with Gasteiger partial charge in [-0.1, -0.05) is 12.1 Å². The average molecular weight is 260 g/mol. The second-order valence-electron chi connectivity index (χ2n) is 3.86. The molecule has 1 aromatic rings. The Labute approximate surface area is 99.0 Å². The predicted octanol–water partition coefficient (Wildman–Crippen LogP) is 1.43. The fraction of sp³-hybridized carbons (Fsp3) is 0.364. The lowest BCUT2D eigenvalue weighted by molar-refractivity contribution is -0.138. The lowest BCUT2D eigenvalue weighted by Crippen LogP contribution is -2.16. The molecule has 0 saturated heterocycles. The zero-order valence-electron chi connectivity index (χ0n) is 9.26. The molecule has 0 heterocycles. The van der Waals surface area contributed by atoms with Crippen molar-refractivity contribution in [2.45, 2.75) is 12.3 Å². The molecule has 0 bridgehead atoms. The lowest BCUT2D eigenvalue weighted by Gasteiger charge is -2.11. The number of carbonyl (C=O) groups is 1. The summed E-state index contributed by atoms with van der Waals surface area (Å²) >= 11 is 0. The molecule has 1 N–H and O–H groups in total. The normalized spacial score (nSPS) is 13.3. The van der Waals surface area contributed by atoms with Crippen molar-refractivity contribution in [3.8, 4) is 0 Å². The largest absolute Gasteiger partial charge is 0.481 e. The molecule has 1 unspecified atom stereocenters. The summed E-state index contributed by atoms with van der Waals surface area (Å²) in [6.45, 7) is 0. The molecule has 1 atom stereocenters. The first-order valence-corrected chi connectivity index (χ1v) is 7.01. The third kappa shape index (κ3) is 4.52. The zero-order chi connectivity index (χ0) is 13.1. The Balaban J connectivity index is 2.87. The summed E-state index contributed by atoms with van der Waals surface area (Å²) in [6.07, 6.45) is 1.04. The molecule has 0 radical (unpaired) electrons. The molecule has 1 rings (SSSR count). The van der Waals surface area contributed by atoms with Gasteiger partial charge in [-0.05, 0) is 24.1 Å². The molecule has 0 aromatic heterocycles. The molecule has 0 saturated carbocycles. The van der Waals surface area contributed by atoms with E-state index in [9.17, 15) is 17.6 Å². The summed E-state index contributed by atoms with van der Waals surface area (Å²) in [6, 6.07) is 5.03. The second kappa shape index (κ2) is 5.27. The van der Waals surface area contributed by atoms with E-state index in [2.05, 4.69) is 0 Å². The van der Waals surface area contributed by atoms with Crippen LogP contribution in [-0.4, -0.2) is 31.5 Å². The van der Waals surface area contributed by atoms with Crippen molar-refractivity contribution in [2.24, 2.45) is 0 Å². The van der Waals surface area contributed by atoms with E-state index in [1.54, 1.807) is 0 Å². The molecular weight excluding hydrogens is 247 g/mol. The number of carboxylic acids is 1. The highest BCUT2D eigenvalue weighted by Crippen LogP contribution is 2.21. The number of hydrogen-bond acceptors (Lipinski definition) is 3. The van der Waals surface area contributed by atoms with Gasteiger partial charge >= 0.3 is 5.97 Å². The summed E-state index contributed by atoms with van der Waals surface area (Å²) in [5, 5.41) is 9.00. The molecule has 6 heteroatoms. The van der Waals surface area contributed by atoms with Crippen LogP contribution in [0.15, 0.2) is 24.3 Å². The number of hydrogen-bond donors (Lipinski definition) is 1. The Morgan fingerprint density at radius 2 is 1.88 bits per heavy atom. The molecule has 0 aliphatic rings. The SMILES string of the molecule is CS(=O)(=O)CCC(C(=O)O)c1ccc(F)cc1. The monoisotopic (exact) mass is 260 g/mol. The molecule has 4 nitrogen and oxygen atoms in total. The predicted molar refractivity (Wildman–Crippen MR) is 61.1 cm³/mol. The summed E-state index contributed by atoms with van der Waals surface area (Å²) in [5.74, 6) is -2.70. The number of carboxylic acid groups (broad SMARTS) is 1. The summed E-state index contributed by atoms with van der Waals surface area (Å²) < 4.78 is 34.7. The van der Waals surface area contributed by atoms with Crippen LogP contribution in [0.25, 0.3) is 0 Å². The number of rotatable bonds is 5. The number of aliphatic carboxylic acids is 1. The minimum Gasteiger partial charge on any atom is -0.481 e. The van der Waals surface area contributed by atoms with Crippen LogP contribution in [0.1, 0.15) is 17.9 Å². The maximum atomic E-state index is 12.7. The zero-order valence-corrected chi connectivity index (χ0v) is 10.1. The van der Waals surface area contributed by atoms with Crippen LogP contribution in [0.5, 0.6) is 0 Å². The van der Waals surface area contributed by atoms with E-state index < -0.39 is 27.5 Å². The van der Waals surface area contributed by atoms with Gasteiger partial charge in [0.05, 0.1) is 11.7 Å². The van der Waals surface area contributed by atoms with Gasteiger partial charge in [0.15, 0.2) is 0 Å². The van der Waals surface area contributed by atoms with Gasteiger partial charge in [-0.2, -0.15) is 0 Å². The summed E-state index contributed by atoms with van der Waals surface area (Å²) in [7, 11) is -3.21. The highest BCUT2D eigenvalue weighted by Gasteiger charge is 2.21. The minimum atomic E-state index is -3.21. The maximum Gasteiger partial charge on any atom is 0.311 e. The molecule has 0 spiro atoms. The minimum absolute atomic E-state index is 0.0141. The van der Waals surface area contributed by atoms with Gasteiger partial charge in [-0.3, -0.25) is 4.79 Å². The highest BCUT2D eigenvalue weighted by molar-refractivity contribution is 7.90. The Hall–Kier alpha value is -1.43. The van der Waals surface area contributed by atoms with Crippen molar-refractivity contribution in [3.63, 3.8) is 0 Å². The average Bonchev–Trinajstić information content (AvgIpc) is 2.18. The summed E-state index contributed by atoms with van der Waals surface area (Å²) in [5.41, 5.74) is 0.405. The quantitative estimate of drug-likeness (QED) is 0.869. The fourth-order valence-electron chi connectivity index (χ4n) is 1.46. The van der Waals surface area contributed by atoms with Crippen molar-refractivity contribution in [1.82, 2.24) is 0 Å². The van der Waals surface area contributed by atoms with E-state index in [1.807, 2.05) is 0 Å². The number of sulfone groups is 1. The van der Waals surface area contributed by atoms with Gasteiger partial charge in [0, 0.05) is 6.26 Å². The number of halogens is 1.